The van der Waals surface area contributed by atoms with Gasteiger partial charge in [-0.15, -0.1) is 0 Å². The first-order valence-electron chi connectivity index (χ1n) is 10.2. The summed E-state index contributed by atoms with van der Waals surface area (Å²) in [6, 6.07) is 15.5. The van der Waals surface area contributed by atoms with Crippen molar-refractivity contribution in [2.75, 3.05) is 26.7 Å². The van der Waals surface area contributed by atoms with E-state index in [1.54, 1.807) is 13.4 Å². The third-order valence-corrected chi connectivity index (χ3v) is 5.18. The molecule has 2 heterocycles. The zero-order chi connectivity index (χ0) is 20.8. The van der Waals surface area contributed by atoms with Crippen LogP contribution in [0, 0.1) is 0 Å². The van der Waals surface area contributed by atoms with Crippen LogP contribution in [0.1, 0.15) is 24.1 Å². The lowest BCUT2D eigenvalue weighted by Crippen LogP contribution is -2.27. The van der Waals surface area contributed by atoms with Crippen LogP contribution in [0.3, 0.4) is 0 Å². The fourth-order valence-corrected chi connectivity index (χ4v) is 3.62. The van der Waals surface area contributed by atoms with Crippen molar-refractivity contribution in [1.29, 1.82) is 0 Å². The lowest BCUT2D eigenvalue weighted by Gasteiger charge is -2.12. The molecule has 0 atom stereocenters. The fourth-order valence-electron chi connectivity index (χ4n) is 3.62. The minimum absolute atomic E-state index is 0.166. The summed E-state index contributed by atoms with van der Waals surface area (Å²) < 4.78 is 17.0. The molecule has 30 heavy (non-hydrogen) atoms. The molecule has 0 amide bonds. The molecule has 0 spiro atoms. The van der Waals surface area contributed by atoms with E-state index in [4.69, 9.17) is 13.9 Å². The quantitative estimate of drug-likeness (QED) is 0.532. The Morgan fingerprint density at radius 1 is 1.10 bits per heavy atom. The number of carbonyl (C=O) groups is 1. The Balaban J connectivity index is 1.40. The normalized spacial score (nSPS) is 14.0. The molecule has 6 heteroatoms. The lowest BCUT2D eigenvalue weighted by atomic mass is 10.2. The Kier molecular flexibility index (Phi) is 6.44. The molecule has 0 bridgehead atoms. The summed E-state index contributed by atoms with van der Waals surface area (Å²) in [5.41, 5.74) is 2.51. The van der Waals surface area contributed by atoms with E-state index < -0.39 is 0 Å². The zero-order valence-electron chi connectivity index (χ0n) is 17.2. The minimum Gasteiger partial charge on any atom is -0.493 e. The molecule has 1 aliphatic rings. The average Bonchev–Trinajstić information content (AvgIpc) is 3.45. The number of nitrogens with zero attached hydrogens (tertiary/aromatic N) is 2. The third-order valence-electron chi connectivity index (χ3n) is 5.18. The highest BCUT2D eigenvalue weighted by molar-refractivity contribution is 5.82. The van der Waals surface area contributed by atoms with Gasteiger partial charge in [0, 0.05) is 5.56 Å². The van der Waals surface area contributed by atoms with E-state index >= 15 is 0 Å². The number of aromatic nitrogens is 1. The number of benzene rings is 2. The molecule has 0 saturated carbocycles. The van der Waals surface area contributed by atoms with Gasteiger partial charge in [-0.3, -0.25) is 9.69 Å². The number of likely N-dealkylation sites (tertiary alicyclic amines) is 1. The first-order chi connectivity index (χ1) is 14.7. The van der Waals surface area contributed by atoms with E-state index in [1.165, 1.54) is 12.8 Å². The second kappa shape index (κ2) is 9.59. The standard InChI is InChI=1S/C24H26N2O4/c1-28-23-13-19(9-10-22(23)29-16-18-7-3-2-4-8-18)24-25-20(17-30-24)14-21(27)15-26-11-5-6-12-26/h2-4,7-10,13,17H,5-6,11-12,14-16H2,1H3. The number of ketones is 1. The SMILES string of the molecule is COc1cc(-c2nc(CC(=O)CN3CCCC3)co2)ccc1OCc1ccccc1. The minimum atomic E-state index is 0.166. The Hall–Kier alpha value is -3.12. The lowest BCUT2D eigenvalue weighted by molar-refractivity contribution is -0.119. The highest BCUT2D eigenvalue weighted by atomic mass is 16.5. The van der Waals surface area contributed by atoms with Gasteiger partial charge in [0.05, 0.1) is 25.8 Å². The number of ether oxygens (including phenoxy) is 2. The molecule has 0 radical (unpaired) electrons. The Labute approximate surface area is 176 Å². The van der Waals surface area contributed by atoms with Crippen LogP contribution in [-0.2, 0) is 17.8 Å². The highest BCUT2D eigenvalue weighted by Gasteiger charge is 2.17. The summed E-state index contributed by atoms with van der Waals surface area (Å²) in [5, 5.41) is 0. The second-order valence-corrected chi connectivity index (χ2v) is 7.48. The van der Waals surface area contributed by atoms with Gasteiger partial charge < -0.3 is 13.9 Å². The average molecular weight is 406 g/mol. The Morgan fingerprint density at radius 3 is 2.67 bits per heavy atom. The van der Waals surface area contributed by atoms with Gasteiger partial charge in [0.1, 0.15) is 12.9 Å². The van der Waals surface area contributed by atoms with E-state index in [2.05, 4.69) is 9.88 Å². The molecule has 2 aromatic carbocycles. The van der Waals surface area contributed by atoms with E-state index in [9.17, 15) is 4.79 Å². The molecule has 1 aromatic heterocycles. The van der Waals surface area contributed by atoms with E-state index in [0.717, 1.165) is 24.2 Å². The number of hydrogen-bond donors (Lipinski definition) is 0. The molecule has 156 valence electrons. The molecular formula is C24H26N2O4. The second-order valence-electron chi connectivity index (χ2n) is 7.48. The van der Waals surface area contributed by atoms with Crippen molar-refractivity contribution in [2.45, 2.75) is 25.9 Å². The maximum Gasteiger partial charge on any atom is 0.226 e. The Bertz CT molecular complexity index is 978. The summed E-state index contributed by atoms with van der Waals surface area (Å²) >= 11 is 0. The zero-order valence-corrected chi connectivity index (χ0v) is 17.2. The van der Waals surface area contributed by atoms with Gasteiger partial charge >= 0.3 is 0 Å². The molecule has 1 aliphatic heterocycles. The van der Waals surface area contributed by atoms with Crippen LogP contribution in [0.2, 0.25) is 0 Å². The fraction of sp³-hybridized carbons (Fsp3) is 0.333. The van der Waals surface area contributed by atoms with E-state index in [-0.39, 0.29) is 12.2 Å². The van der Waals surface area contributed by atoms with Crippen molar-refractivity contribution in [1.82, 2.24) is 9.88 Å². The van der Waals surface area contributed by atoms with Crippen LogP contribution in [-0.4, -0.2) is 42.4 Å². The van der Waals surface area contributed by atoms with Crippen LogP contribution in [0.15, 0.2) is 59.2 Å². The number of Topliss-reactive ketones (excluding diaryl/α,β-unsaturated/α-hetero) is 1. The number of carbonyl (C=O) groups excluding carboxylic acids is 1. The molecule has 0 N–H and O–H groups in total. The summed E-state index contributed by atoms with van der Waals surface area (Å²) in [6.07, 6.45) is 4.20. The molecule has 0 unspecified atom stereocenters. The van der Waals surface area contributed by atoms with Crippen LogP contribution < -0.4 is 9.47 Å². The van der Waals surface area contributed by atoms with Crippen molar-refractivity contribution in [3.05, 3.63) is 66.1 Å². The molecule has 4 rings (SSSR count). The molecule has 6 nitrogen and oxygen atoms in total. The van der Waals surface area contributed by atoms with Crippen molar-refractivity contribution >= 4 is 5.78 Å². The summed E-state index contributed by atoms with van der Waals surface area (Å²) in [5.74, 6) is 1.89. The van der Waals surface area contributed by atoms with Crippen LogP contribution in [0.5, 0.6) is 11.5 Å². The highest BCUT2D eigenvalue weighted by Crippen LogP contribution is 2.33. The van der Waals surface area contributed by atoms with Crippen LogP contribution in [0.25, 0.3) is 11.5 Å². The van der Waals surface area contributed by atoms with Gasteiger partial charge in [-0.2, -0.15) is 0 Å². The molecular weight excluding hydrogens is 380 g/mol. The number of methoxy groups -OCH3 is 1. The van der Waals surface area contributed by atoms with Crippen LogP contribution in [0.4, 0.5) is 0 Å². The maximum atomic E-state index is 12.3. The Morgan fingerprint density at radius 2 is 1.90 bits per heavy atom. The van der Waals surface area contributed by atoms with Gasteiger partial charge in [0.15, 0.2) is 17.3 Å². The van der Waals surface area contributed by atoms with E-state index in [0.29, 0.717) is 36.2 Å². The summed E-state index contributed by atoms with van der Waals surface area (Å²) in [7, 11) is 1.60. The van der Waals surface area contributed by atoms with Gasteiger partial charge in [0.25, 0.3) is 0 Å². The van der Waals surface area contributed by atoms with Gasteiger partial charge in [-0.1, -0.05) is 30.3 Å². The summed E-state index contributed by atoms with van der Waals surface area (Å²) in [4.78, 5) is 19.0. The van der Waals surface area contributed by atoms with Gasteiger partial charge in [0.2, 0.25) is 5.89 Å². The molecule has 1 saturated heterocycles. The van der Waals surface area contributed by atoms with Crippen molar-refractivity contribution in [2.24, 2.45) is 0 Å². The first-order valence-corrected chi connectivity index (χ1v) is 10.2. The third kappa shape index (κ3) is 5.07. The number of hydrogen-bond acceptors (Lipinski definition) is 6. The number of rotatable bonds is 9. The maximum absolute atomic E-state index is 12.3. The van der Waals surface area contributed by atoms with E-state index in [1.807, 2.05) is 48.5 Å². The predicted octanol–water partition coefficient (Wildman–Crippen LogP) is 4.14. The van der Waals surface area contributed by atoms with Gasteiger partial charge in [-0.05, 0) is 49.7 Å². The van der Waals surface area contributed by atoms with Crippen LogP contribution >= 0.6 is 0 Å². The molecule has 3 aromatic rings. The predicted molar refractivity (Wildman–Crippen MR) is 114 cm³/mol. The topological polar surface area (TPSA) is 64.8 Å². The largest absolute Gasteiger partial charge is 0.493 e. The van der Waals surface area contributed by atoms with Crippen molar-refractivity contribution < 1.29 is 18.7 Å². The summed E-state index contributed by atoms with van der Waals surface area (Å²) in [6.45, 7) is 2.96. The monoisotopic (exact) mass is 406 g/mol. The molecule has 1 fully saturated rings. The smallest absolute Gasteiger partial charge is 0.226 e. The van der Waals surface area contributed by atoms with Crippen molar-refractivity contribution in [3.63, 3.8) is 0 Å². The number of oxazole rings is 1. The first kappa shape index (κ1) is 20.2. The van der Waals surface area contributed by atoms with Gasteiger partial charge in [-0.25, -0.2) is 4.98 Å². The van der Waals surface area contributed by atoms with Crippen molar-refractivity contribution in [3.8, 4) is 23.0 Å². The molecule has 0 aliphatic carbocycles.